The SMILES string of the molecule is O=C(NNC(=O)c1cc([N+](=O)[O-])cc([N+](=O)[O-])c1)c1ccc(S(=O)(=O)N2CCCCC2)cc1. The Morgan fingerprint density at radius 3 is 1.76 bits per heavy atom. The van der Waals surface area contributed by atoms with Gasteiger partial charge in [-0.3, -0.25) is 40.7 Å². The predicted molar refractivity (Wildman–Crippen MR) is 114 cm³/mol. The minimum atomic E-state index is -3.67. The molecule has 0 aliphatic carbocycles. The number of hydrazine groups is 1. The van der Waals surface area contributed by atoms with E-state index in [9.17, 15) is 38.2 Å². The van der Waals surface area contributed by atoms with E-state index in [1.54, 1.807) is 0 Å². The van der Waals surface area contributed by atoms with Gasteiger partial charge in [0.15, 0.2) is 0 Å². The van der Waals surface area contributed by atoms with Gasteiger partial charge in [-0.05, 0) is 37.1 Å². The number of nitrogens with zero attached hydrogens (tertiary/aromatic N) is 3. The van der Waals surface area contributed by atoms with Crippen LogP contribution in [-0.4, -0.2) is 47.5 Å². The summed E-state index contributed by atoms with van der Waals surface area (Å²) in [6.07, 6.45) is 2.54. The molecule has 13 nitrogen and oxygen atoms in total. The van der Waals surface area contributed by atoms with E-state index in [4.69, 9.17) is 0 Å². The number of carbonyl (C=O) groups is 2. The van der Waals surface area contributed by atoms with Crippen LogP contribution in [0.1, 0.15) is 40.0 Å². The number of piperidine rings is 1. The summed E-state index contributed by atoms with van der Waals surface area (Å²) in [7, 11) is -3.67. The molecule has 0 saturated carbocycles. The molecule has 14 heteroatoms. The van der Waals surface area contributed by atoms with E-state index in [2.05, 4.69) is 5.43 Å². The number of nitro benzene ring substituents is 2. The van der Waals surface area contributed by atoms with E-state index in [0.717, 1.165) is 31.4 Å². The summed E-state index contributed by atoms with van der Waals surface area (Å²) in [6.45, 7) is 0.874. The molecule has 0 bridgehead atoms. The minimum Gasteiger partial charge on any atom is -0.267 e. The molecule has 3 rings (SSSR count). The first-order valence-electron chi connectivity index (χ1n) is 9.74. The Balaban J connectivity index is 1.68. The molecule has 174 valence electrons. The van der Waals surface area contributed by atoms with Crippen molar-refractivity contribution in [2.24, 2.45) is 0 Å². The molecule has 0 aromatic heterocycles. The van der Waals surface area contributed by atoms with Crippen LogP contribution in [0.5, 0.6) is 0 Å². The topological polar surface area (TPSA) is 182 Å². The largest absolute Gasteiger partial charge is 0.277 e. The van der Waals surface area contributed by atoms with Crippen LogP contribution >= 0.6 is 0 Å². The molecule has 0 atom stereocenters. The maximum Gasteiger partial charge on any atom is 0.277 e. The van der Waals surface area contributed by atoms with Crippen LogP contribution in [0.4, 0.5) is 11.4 Å². The minimum absolute atomic E-state index is 0.0360. The maximum atomic E-state index is 12.7. The zero-order valence-electron chi connectivity index (χ0n) is 17.1. The lowest BCUT2D eigenvalue weighted by atomic mass is 10.1. The number of rotatable bonds is 6. The molecule has 2 N–H and O–H groups in total. The highest BCUT2D eigenvalue weighted by Gasteiger charge is 2.26. The number of nitro groups is 2. The number of hydrogen-bond donors (Lipinski definition) is 2. The molecule has 33 heavy (non-hydrogen) atoms. The zero-order chi connectivity index (χ0) is 24.2. The molecule has 2 amide bonds. The Labute approximate surface area is 187 Å². The second-order valence-electron chi connectivity index (χ2n) is 7.15. The number of sulfonamides is 1. The van der Waals surface area contributed by atoms with Gasteiger partial charge >= 0.3 is 0 Å². The summed E-state index contributed by atoms with van der Waals surface area (Å²) in [5, 5.41) is 21.9. The van der Waals surface area contributed by atoms with E-state index in [0.29, 0.717) is 19.2 Å². The van der Waals surface area contributed by atoms with Crippen molar-refractivity contribution >= 4 is 33.2 Å². The molecular weight excluding hydrogens is 458 g/mol. The fraction of sp³-hybridized carbons (Fsp3) is 0.263. The van der Waals surface area contributed by atoms with E-state index >= 15 is 0 Å². The van der Waals surface area contributed by atoms with Crippen LogP contribution in [0.3, 0.4) is 0 Å². The van der Waals surface area contributed by atoms with Crippen LogP contribution in [0.15, 0.2) is 47.4 Å². The highest BCUT2D eigenvalue weighted by atomic mass is 32.2. The van der Waals surface area contributed by atoms with E-state index in [1.165, 1.54) is 28.6 Å². The van der Waals surface area contributed by atoms with Crippen molar-refractivity contribution in [2.75, 3.05) is 13.1 Å². The Morgan fingerprint density at radius 1 is 0.788 bits per heavy atom. The second-order valence-corrected chi connectivity index (χ2v) is 9.09. The van der Waals surface area contributed by atoms with Gasteiger partial charge in [-0.25, -0.2) is 8.42 Å². The summed E-state index contributed by atoms with van der Waals surface area (Å²) in [4.78, 5) is 44.7. The van der Waals surface area contributed by atoms with Gasteiger partial charge in [0.05, 0.1) is 26.4 Å². The lowest BCUT2D eigenvalue weighted by Crippen LogP contribution is -2.41. The van der Waals surface area contributed by atoms with E-state index in [-0.39, 0.29) is 10.5 Å². The molecular formula is C19H19N5O8S. The zero-order valence-corrected chi connectivity index (χ0v) is 17.9. The summed E-state index contributed by atoms with van der Waals surface area (Å²) >= 11 is 0. The highest BCUT2D eigenvalue weighted by Crippen LogP contribution is 2.23. The summed E-state index contributed by atoms with van der Waals surface area (Å²) in [6, 6.07) is 7.47. The van der Waals surface area contributed by atoms with Crippen molar-refractivity contribution in [1.29, 1.82) is 0 Å². The smallest absolute Gasteiger partial charge is 0.267 e. The third-order valence-corrected chi connectivity index (χ3v) is 6.86. The summed E-state index contributed by atoms with van der Waals surface area (Å²) in [5.41, 5.74) is 2.41. The Bertz CT molecular complexity index is 1170. The number of hydrogen-bond acceptors (Lipinski definition) is 8. The first kappa shape index (κ1) is 23.7. The number of benzene rings is 2. The van der Waals surface area contributed by atoms with Crippen molar-refractivity contribution in [3.8, 4) is 0 Å². The molecule has 1 fully saturated rings. The van der Waals surface area contributed by atoms with Gasteiger partial charge in [0.2, 0.25) is 10.0 Å². The number of amides is 2. The predicted octanol–water partition coefficient (Wildman–Crippen LogP) is 1.75. The number of carbonyl (C=O) groups excluding carboxylic acids is 2. The first-order valence-corrected chi connectivity index (χ1v) is 11.2. The Kier molecular flexibility index (Phi) is 6.98. The fourth-order valence-corrected chi connectivity index (χ4v) is 4.74. The van der Waals surface area contributed by atoms with Gasteiger partial charge in [0.25, 0.3) is 23.2 Å². The van der Waals surface area contributed by atoms with Crippen molar-refractivity contribution in [1.82, 2.24) is 15.2 Å². The standard InChI is InChI=1S/C19H19N5O8S/c25-18(13-4-6-17(7-5-13)33(31,32)22-8-2-1-3-9-22)20-21-19(26)14-10-15(23(27)28)12-16(11-14)24(29)30/h4-7,10-12H,1-3,8-9H2,(H,20,25)(H,21,26). The average Bonchev–Trinajstić information content (AvgIpc) is 2.82. The number of nitrogens with one attached hydrogen (secondary N) is 2. The van der Waals surface area contributed by atoms with Crippen LogP contribution in [0.2, 0.25) is 0 Å². The monoisotopic (exact) mass is 477 g/mol. The van der Waals surface area contributed by atoms with E-state index < -0.39 is 48.6 Å². The normalized spacial score (nSPS) is 14.3. The molecule has 0 spiro atoms. The fourth-order valence-electron chi connectivity index (χ4n) is 3.23. The molecule has 1 saturated heterocycles. The highest BCUT2D eigenvalue weighted by molar-refractivity contribution is 7.89. The summed E-state index contributed by atoms with van der Waals surface area (Å²) in [5.74, 6) is -1.80. The van der Waals surface area contributed by atoms with Crippen molar-refractivity contribution in [2.45, 2.75) is 24.2 Å². The third kappa shape index (κ3) is 5.48. The summed E-state index contributed by atoms with van der Waals surface area (Å²) < 4.78 is 26.7. The van der Waals surface area contributed by atoms with Gasteiger partial charge in [0.1, 0.15) is 0 Å². The van der Waals surface area contributed by atoms with Crippen LogP contribution in [-0.2, 0) is 10.0 Å². The molecule has 1 aliphatic rings. The first-order chi connectivity index (χ1) is 15.6. The van der Waals surface area contributed by atoms with Crippen molar-refractivity contribution in [3.63, 3.8) is 0 Å². The maximum absolute atomic E-state index is 12.7. The molecule has 2 aromatic rings. The molecule has 0 radical (unpaired) electrons. The van der Waals surface area contributed by atoms with Crippen LogP contribution in [0, 0.1) is 20.2 Å². The van der Waals surface area contributed by atoms with Gasteiger partial charge in [-0.2, -0.15) is 4.31 Å². The third-order valence-electron chi connectivity index (χ3n) is 4.95. The lowest BCUT2D eigenvalue weighted by molar-refractivity contribution is -0.394. The van der Waals surface area contributed by atoms with Crippen LogP contribution < -0.4 is 10.9 Å². The molecule has 1 heterocycles. The number of non-ortho nitro benzene ring substituents is 2. The van der Waals surface area contributed by atoms with Gasteiger partial charge in [-0.15, -0.1) is 0 Å². The lowest BCUT2D eigenvalue weighted by Gasteiger charge is -2.25. The quantitative estimate of drug-likeness (QED) is 0.466. The molecule has 2 aromatic carbocycles. The van der Waals surface area contributed by atoms with Gasteiger partial charge < -0.3 is 0 Å². The van der Waals surface area contributed by atoms with Crippen LogP contribution in [0.25, 0.3) is 0 Å². The molecule has 1 aliphatic heterocycles. The second kappa shape index (κ2) is 9.70. The van der Waals surface area contributed by atoms with E-state index in [1.807, 2.05) is 5.43 Å². The van der Waals surface area contributed by atoms with Gasteiger partial charge in [0, 0.05) is 30.8 Å². The van der Waals surface area contributed by atoms with Gasteiger partial charge in [-0.1, -0.05) is 6.42 Å². The van der Waals surface area contributed by atoms with Crippen molar-refractivity contribution < 1.29 is 27.9 Å². The average molecular weight is 477 g/mol. The Morgan fingerprint density at radius 2 is 1.27 bits per heavy atom. The Hall–Kier alpha value is -3.91. The molecule has 0 unspecified atom stereocenters. The van der Waals surface area contributed by atoms with Crippen molar-refractivity contribution in [3.05, 3.63) is 73.8 Å².